The van der Waals surface area contributed by atoms with E-state index in [4.69, 9.17) is 14.2 Å². The number of halogens is 1. The SMILES string of the molecule is CCNC(=NCC(O)c1ccc(OC)cc1)N1CCOC(C2CCCO2)C1.I. The minimum Gasteiger partial charge on any atom is -0.497 e. The highest BCUT2D eigenvalue weighted by molar-refractivity contribution is 14.0. The predicted molar refractivity (Wildman–Crippen MR) is 120 cm³/mol. The first-order valence-corrected chi connectivity index (χ1v) is 9.79. The summed E-state index contributed by atoms with van der Waals surface area (Å²) in [6.07, 6.45) is 1.77. The number of ether oxygens (including phenoxy) is 3. The number of guanidine groups is 1. The molecule has 0 bridgehead atoms. The van der Waals surface area contributed by atoms with E-state index in [2.05, 4.69) is 15.2 Å². The van der Waals surface area contributed by atoms with Crippen LogP contribution < -0.4 is 10.1 Å². The Morgan fingerprint density at radius 1 is 1.29 bits per heavy atom. The van der Waals surface area contributed by atoms with Crippen LogP contribution in [0, 0.1) is 0 Å². The van der Waals surface area contributed by atoms with Crippen LogP contribution in [-0.4, -0.2) is 74.7 Å². The van der Waals surface area contributed by atoms with Gasteiger partial charge in [0, 0.05) is 26.2 Å². The number of hydrogen-bond acceptors (Lipinski definition) is 5. The molecule has 2 aliphatic heterocycles. The molecular formula is C20H32IN3O4. The number of aliphatic hydroxyl groups excluding tert-OH is 1. The molecule has 28 heavy (non-hydrogen) atoms. The van der Waals surface area contributed by atoms with E-state index in [0.717, 1.165) is 56.4 Å². The lowest BCUT2D eigenvalue weighted by Gasteiger charge is -2.37. The van der Waals surface area contributed by atoms with Crippen LogP contribution in [0.2, 0.25) is 0 Å². The van der Waals surface area contributed by atoms with Gasteiger partial charge in [0.25, 0.3) is 0 Å². The highest BCUT2D eigenvalue weighted by Crippen LogP contribution is 2.21. The smallest absolute Gasteiger partial charge is 0.194 e. The van der Waals surface area contributed by atoms with E-state index in [1.54, 1.807) is 7.11 Å². The number of aliphatic imine (C=N–C) groups is 1. The van der Waals surface area contributed by atoms with Crippen molar-refractivity contribution in [3.63, 3.8) is 0 Å². The number of aliphatic hydroxyl groups is 1. The first kappa shape index (κ1) is 23.2. The van der Waals surface area contributed by atoms with Gasteiger partial charge in [-0.15, -0.1) is 24.0 Å². The van der Waals surface area contributed by atoms with Gasteiger partial charge in [0.1, 0.15) is 11.9 Å². The summed E-state index contributed by atoms with van der Waals surface area (Å²) >= 11 is 0. The molecule has 2 saturated heterocycles. The summed E-state index contributed by atoms with van der Waals surface area (Å²) in [6, 6.07) is 7.44. The van der Waals surface area contributed by atoms with Crippen molar-refractivity contribution in [3.05, 3.63) is 29.8 Å². The molecule has 0 spiro atoms. The summed E-state index contributed by atoms with van der Waals surface area (Å²) in [5.74, 6) is 1.59. The summed E-state index contributed by atoms with van der Waals surface area (Å²) in [7, 11) is 1.63. The van der Waals surface area contributed by atoms with E-state index in [1.165, 1.54) is 0 Å². The van der Waals surface area contributed by atoms with Gasteiger partial charge < -0.3 is 29.5 Å². The number of morpholine rings is 1. The molecule has 0 amide bonds. The molecule has 7 nitrogen and oxygen atoms in total. The minimum atomic E-state index is -0.653. The average molecular weight is 505 g/mol. The van der Waals surface area contributed by atoms with Gasteiger partial charge in [-0.3, -0.25) is 4.99 Å². The number of hydrogen-bond donors (Lipinski definition) is 2. The molecule has 0 aliphatic carbocycles. The maximum Gasteiger partial charge on any atom is 0.194 e. The van der Waals surface area contributed by atoms with Crippen LogP contribution in [0.5, 0.6) is 5.75 Å². The van der Waals surface area contributed by atoms with Crippen molar-refractivity contribution in [2.24, 2.45) is 4.99 Å². The third-order valence-corrected chi connectivity index (χ3v) is 5.02. The molecule has 3 atom stereocenters. The molecule has 2 fully saturated rings. The van der Waals surface area contributed by atoms with E-state index < -0.39 is 6.10 Å². The summed E-state index contributed by atoms with van der Waals surface area (Å²) in [5.41, 5.74) is 0.828. The van der Waals surface area contributed by atoms with Gasteiger partial charge in [-0.25, -0.2) is 0 Å². The highest BCUT2D eigenvalue weighted by atomic mass is 127. The predicted octanol–water partition coefficient (Wildman–Crippen LogP) is 2.19. The van der Waals surface area contributed by atoms with Crippen molar-refractivity contribution in [2.75, 3.05) is 46.5 Å². The Hall–Kier alpha value is -1.10. The standard InChI is InChI=1S/C20H31N3O4.HI/c1-3-21-20(22-13-17(24)15-6-8-16(25-2)9-7-15)23-10-12-27-19(14-23)18-5-4-11-26-18;/h6-9,17-19,24H,3-5,10-14H2,1-2H3,(H,21,22);1H. The van der Waals surface area contributed by atoms with Gasteiger partial charge in [0.2, 0.25) is 0 Å². The van der Waals surface area contributed by atoms with Crippen molar-refractivity contribution in [2.45, 2.75) is 38.1 Å². The lowest BCUT2D eigenvalue weighted by Crippen LogP contribution is -2.53. The zero-order chi connectivity index (χ0) is 19.1. The second kappa shape index (κ2) is 11.8. The molecule has 2 heterocycles. The monoisotopic (exact) mass is 505 g/mol. The maximum atomic E-state index is 10.5. The largest absolute Gasteiger partial charge is 0.497 e. The quantitative estimate of drug-likeness (QED) is 0.351. The Morgan fingerprint density at radius 3 is 2.68 bits per heavy atom. The molecule has 1 aromatic rings. The Labute approximate surface area is 184 Å². The topological polar surface area (TPSA) is 75.6 Å². The second-order valence-corrected chi connectivity index (χ2v) is 6.89. The fourth-order valence-corrected chi connectivity index (χ4v) is 3.52. The summed E-state index contributed by atoms with van der Waals surface area (Å²) in [6.45, 7) is 6.16. The highest BCUT2D eigenvalue weighted by Gasteiger charge is 2.32. The van der Waals surface area contributed by atoms with Gasteiger partial charge in [0.05, 0.1) is 32.5 Å². The first-order chi connectivity index (χ1) is 13.2. The molecule has 8 heteroatoms. The van der Waals surface area contributed by atoms with E-state index in [-0.39, 0.29) is 36.2 Å². The molecule has 158 valence electrons. The normalized spacial score (nSPS) is 23.8. The number of nitrogens with zero attached hydrogens (tertiary/aromatic N) is 2. The van der Waals surface area contributed by atoms with Crippen LogP contribution in [0.1, 0.15) is 31.4 Å². The second-order valence-electron chi connectivity index (χ2n) is 6.89. The van der Waals surface area contributed by atoms with Crippen LogP contribution in [0.4, 0.5) is 0 Å². The Bertz CT molecular complexity index is 608. The fraction of sp³-hybridized carbons (Fsp3) is 0.650. The minimum absolute atomic E-state index is 0. The lowest BCUT2D eigenvalue weighted by atomic mass is 10.1. The Morgan fingerprint density at radius 2 is 2.04 bits per heavy atom. The molecule has 3 unspecified atom stereocenters. The number of benzene rings is 1. The zero-order valence-corrected chi connectivity index (χ0v) is 19.0. The molecule has 0 saturated carbocycles. The Kier molecular flexibility index (Phi) is 9.76. The van der Waals surface area contributed by atoms with E-state index >= 15 is 0 Å². The fourth-order valence-electron chi connectivity index (χ4n) is 3.52. The average Bonchev–Trinajstić information content (AvgIpc) is 3.26. The molecule has 0 radical (unpaired) electrons. The summed E-state index contributed by atoms with van der Waals surface area (Å²) in [5, 5.41) is 13.8. The molecular weight excluding hydrogens is 473 g/mol. The van der Waals surface area contributed by atoms with Gasteiger partial charge in [0.15, 0.2) is 5.96 Å². The third-order valence-electron chi connectivity index (χ3n) is 5.02. The molecule has 1 aromatic carbocycles. The van der Waals surface area contributed by atoms with Gasteiger partial charge in [-0.2, -0.15) is 0 Å². The lowest BCUT2D eigenvalue weighted by molar-refractivity contribution is -0.0817. The van der Waals surface area contributed by atoms with Gasteiger partial charge in [-0.1, -0.05) is 12.1 Å². The maximum absolute atomic E-state index is 10.5. The van der Waals surface area contributed by atoms with Crippen LogP contribution in [0.3, 0.4) is 0 Å². The van der Waals surface area contributed by atoms with Gasteiger partial charge in [-0.05, 0) is 37.5 Å². The number of methoxy groups -OCH3 is 1. The molecule has 3 rings (SSSR count). The number of rotatable bonds is 6. The van der Waals surface area contributed by atoms with E-state index in [0.29, 0.717) is 13.2 Å². The Balaban J connectivity index is 0.00000280. The summed E-state index contributed by atoms with van der Waals surface area (Å²) in [4.78, 5) is 6.88. The van der Waals surface area contributed by atoms with E-state index in [1.807, 2.05) is 31.2 Å². The van der Waals surface area contributed by atoms with Crippen LogP contribution in [0.15, 0.2) is 29.3 Å². The first-order valence-electron chi connectivity index (χ1n) is 9.79. The van der Waals surface area contributed by atoms with Crippen LogP contribution in [0.25, 0.3) is 0 Å². The van der Waals surface area contributed by atoms with Crippen molar-refractivity contribution < 1.29 is 19.3 Å². The number of nitrogens with one attached hydrogen (secondary N) is 1. The van der Waals surface area contributed by atoms with Crippen LogP contribution >= 0.6 is 24.0 Å². The van der Waals surface area contributed by atoms with Crippen molar-refractivity contribution >= 4 is 29.9 Å². The zero-order valence-electron chi connectivity index (χ0n) is 16.7. The van der Waals surface area contributed by atoms with E-state index in [9.17, 15) is 5.11 Å². The molecule has 2 N–H and O–H groups in total. The third kappa shape index (κ3) is 6.20. The van der Waals surface area contributed by atoms with Crippen LogP contribution in [-0.2, 0) is 9.47 Å². The van der Waals surface area contributed by atoms with Gasteiger partial charge >= 0.3 is 0 Å². The van der Waals surface area contributed by atoms with Crippen molar-refractivity contribution in [1.29, 1.82) is 0 Å². The van der Waals surface area contributed by atoms with Crippen molar-refractivity contribution in [1.82, 2.24) is 10.2 Å². The summed E-state index contributed by atoms with van der Waals surface area (Å²) < 4.78 is 16.9. The van der Waals surface area contributed by atoms with Crippen molar-refractivity contribution in [3.8, 4) is 5.75 Å². The molecule has 2 aliphatic rings. The molecule has 0 aromatic heterocycles.